The van der Waals surface area contributed by atoms with Crippen LogP contribution in [0.4, 0.5) is 0 Å². The molecule has 1 aliphatic rings. The van der Waals surface area contributed by atoms with Gasteiger partial charge in [0, 0.05) is 32.1 Å². The summed E-state index contributed by atoms with van der Waals surface area (Å²) in [6, 6.07) is 8.55. The third-order valence-corrected chi connectivity index (χ3v) is 4.84. The normalized spacial score (nSPS) is 18.9. The topological polar surface area (TPSA) is 61.4 Å². The Morgan fingerprint density at radius 2 is 2.00 bits per heavy atom. The van der Waals surface area contributed by atoms with E-state index >= 15 is 0 Å². The first kappa shape index (κ1) is 19.4. The van der Waals surface area contributed by atoms with Gasteiger partial charge in [0.15, 0.2) is 0 Å². The molecular weight excluding hydrogens is 314 g/mol. The molecule has 0 radical (unpaired) electrons. The van der Waals surface area contributed by atoms with Crippen molar-refractivity contribution in [3.63, 3.8) is 0 Å². The zero-order valence-electron chi connectivity index (χ0n) is 15.8. The van der Waals surface area contributed by atoms with E-state index in [9.17, 15) is 9.59 Å². The maximum atomic E-state index is 12.6. The van der Waals surface area contributed by atoms with Gasteiger partial charge in [-0.15, -0.1) is 0 Å². The molecule has 0 saturated carbocycles. The van der Waals surface area contributed by atoms with Crippen molar-refractivity contribution in [2.75, 3.05) is 19.6 Å². The Kier molecular flexibility index (Phi) is 7.00. The fourth-order valence-corrected chi connectivity index (χ4v) is 3.56. The lowest BCUT2D eigenvalue weighted by Gasteiger charge is -2.34. The number of hydrogen-bond donors (Lipinski definition) is 2. The van der Waals surface area contributed by atoms with Gasteiger partial charge in [0.25, 0.3) is 0 Å². The summed E-state index contributed by atoms with van der Waals surface area (Å²) < 4.78 is 0. The Bertz CT molecular complexity index is 600. The molecule has 1 saturated heterocycles. The highest BCUT2D eigenvalue weighted by molar-refractivity contribution is 5.78. The van der Waals surface area contributed by atoms with Crippen molar-refractivity contribution in [1.82, 2.24) is 15.5 Å². The number of aryl methyl sites for hydroxylation is 1. The summed E-state index contributed by atoms with van der Waals surface area (Å²) in [6.07, 6.45) is 1.87. The molecule has 2 atom stereocenters. The second-order valence-corrected chi connectivity index (χ2v) is 7.34. The number of benzene rings is 1. The summed E-state index contributed by atoms with van der Waals surface area (Å²) in [4.78, 5) is 25.7. The van der Waals surface area contributed by atoms with Crippen molar-refractivity contribution < 1.29 is 9.59 Å². The third-order valence-electron chi connectivity index (χ3n) is 4.84. The van der Waals surface area contributed by atoms with Crippen molar-refractivity contribution in [2.24, 2.45) is 5.92 Å². The molecule has 2 rings (SSSR count). The van der Waals surface area contributed by atoms with E-state index in [0.29, 0.717) is 19.0 Å². The molecule has 1 heterocycles. The molecule has 0 aromatic heterocycles. The summed E-state index contributed by atoms with van der Waals surface area (Å²) in [5, 5.41) is 6.38. The van der Waals surface area contributed by atoms with Crippen LogP contribution in [0.2, 0.25) is 0 Å². The molecule has 2 N–H and O–H groups in total. The average Bonchev–Trinajstić information content (AvgIpc) is 2.55. The van der Waals surface area contributed by atoms with Crippen LogP contribution in [-0.4, -0.2) is 42.4 Å². The summed E-state index contributed by atoms with van der Waals surface area (Å²) in [7, 11) is 0. The fourth-order valence-electron chi connectivity index (χ4n) is 3.56. The van der Waals surface area contributed by atoms with Crippen molar-refractivity contribution in [1.29, 1.82) is 0 Å². The van der Waals surface area contributed by atoms with E-state index in [4.69, 9.17) is 0 Å². The van der Waals surface area contributed by atoms with E-state index < -0.39 is 0 Å². The minimum absolute atomic E-state index is 0.0307. The predicted octanol–water partition coefficient (Wildman–Crippen LogP) is 2.41. The first-order valence-corrected chi connectivity index (χ1v) is 9.22. The van der Waals surface area contributed by atoms with Gasteiger partial charge in [-0.1, -0.05) is 38.1 Å². The number of piperidine rings is 1. The monoisotopic (exact) mass is 345 g/mol. The lowest BCUT2D eigenvalue weighted by molar-refractivity contribution is -0.132. The number of hydrogen-bond acceptors (Lipinski definition) is 3. The Morgan fingerprint density at radius 3 is 2.64 bits per heavy atom. The molecule has 0 unspecified atom stereocenters. The predicted molar refractivity (Wildman–Crippen MR) is 100 cm³/mol. The van der Waals surface area contributed by atoms with Crippen LogP contribution in [0.3, 0.4) is 0 Å². The molecule has 5 heteroatoms. The molecule has 138 valence electrons. The molecule has 1 aromatic rings. The van der Waals surface area contributed by atoms with Gasteiger partial charge >= 0.3 is 0 Å². The van der Waals surface area contributed by atoms with Crippen molar-refractivity contribution in [2.45, 2.75) is 52.6 Å². The molecular formula is C20H31N3O2. The first-order valence-electron chi connectivity index (χ1n) is 9.22. The third kappa shape index (κ3) is 5.56. The lowest BCUT2D eigenvalue weighted by atomic mass is 9.92. The molecule has 1 fully saturated rings. The van der Waals surface area contributed by atoms with E-state index in [1.807, 2.05) is 17.0 Å². The lowest BCUT2D eigenvalue weighted by Crippen LogP contribution is -2.51. The Balaban J connectivity index is 1.95. The minimum Gasteiger partial charge on any atom is -0.352 e. The Morgan fingerprint density at radius 1 is 1.28 bits per heavy atom. The molecule has 5 nitrogen and oxygen atoms in total. The molecule has 0 bridgehead atoms. The quantitative estimate of drug-likeness (QED) is 0.832. The number of likely N-dealkylation sites (tertiary alicyclic amines) is 1. The van der Waals surface area contributed by atoms with Gasteiger partial charge in [-0.3, -0.25) is 9.59 Å². The standard InChI is InChI=1S/C20H31N3O2/c1-14(2)20(18-10-6-5-8-15(18)3)21-12-19(25)23-11-7-9-17(13-23)22-16(4)24/h5-6,8,10,14,17,20-21H,7,9,11-13H2,1-4H3,(H,22,24)/t17-,20-/m1/s1. The van der Waals surface area contributed by atoms with E-state index in [1.165, 1.54) is 18.1 Å². The van der Waals surface area contributed by atoms with Crippen LogP contribution in [0.5, 0.6) is 0 Å². The van der Waals surface area contributed by atoms with Gasteiger partial charge in [0.2, 0.25) is 11.8 Å². The second kappa shape index (κ2) is 8.99. The highest BCUT2D eigenvalue weighted by Gasteiger charge is 2.25. The first-order chi connectivity index (χ1) is 11.9. The van der Waals surface area contributed by atoms with Crippen LogP contribution in [-0.2, 0) is 9.59 Å². The van der Waals surface area contributed by atoms with Crippen LogP contribution in [0.1, 0.15) is 50.8 Å². The van der Waals surface area contributed by atoms with Crippen LogP contribution < -0.4 is 10.6 Å². The number of nitrogens with zero attached hydrogens (tertiary/aromatic N) is 1. The van der Waals surface area contributed by atoms with Crippen molar-refractivity contribution in [3.8, 4) is 0 Å². The maximum absolute atomic E-state index is 12.6. The molecule has 1 aliphatic heterocycles. The van der Waals surface area contributed by atoms with Gasteiger partial charge < -0.3 is 15.5 Å². The van der Waals surface area contributed by atoms with Gasteiger partial charge in [-0.25, -0.2) is 0 Å². The number of rotatable bonds is 6. The number of nitrogens with one attached hydrogen (secondary N) is 2. The van der Waals surface area contributed by atoms with E-state index in [1.54, 1.807) is 0 Å². The van der Waals surface area contributed by atoms with E-state index in [-0.39, 0.29) is 23.9 Å². The van der Waals surface area contributed by atoms with Crippen LogP contribution >= 0.6 is 0 Å². The summed E-state index contributed by atoms with van der Waals surface area (Å²) in [6.45, 7) is 9.67. The van der Waals surface area contributed by atoms with Crippen LogP contribution in [0, 0.1) is 12.8 Å². The van der Waals surface area contributed by atoms with E-state index in [2.05, 4.69) is 43.5 Å². The minimum atomic E-state index is -0.0307. The number of carbonyl (C=O) groups excluding carboxylic acids is 2. The van der Waals surface area contributed by atoms with Gasteiger partial charge in [0.05, 0.1) is 6.54 Å². The Labute approximate surface area is 151 Å². The smallest absolute Gasteiger partial charge is 0.236 e. The highest BCUT2D eigenvalue weighted by atomic mass is 16.2. The van der Waals surface area contributed by atoms with Crippen molar-refractivity contribution in [3.05, 3.63) is 35.4 Å². The highest BCUT2D eigenvalue weighted by Crippen LogP contribution is 2.24. The summed E-state index contributed by atoms with van der Waals surface area (Å²) >= 11 is 0. The molecule has 2 amide bonds. The number of amides is 2. The fraction of sp³-hybridized carbons (Fsp3) is 0.600. The van der Waals surface area contributed by atoms with Crippen molar-refractivity contribution >= 4 is 11.8 Å². The van der Waals surface area contributed by atoms with Crippen LogP contribution in [0.15, 0.2) is 24.3 Å². The van der Waals surface area contributed by atoms with Gasteiger partial charge in [-0.2, -0.15) is 0 Å². The molecule has 0 aliphatic carbocycles. The van der Waals surface area contributed by atoms with Gasteiger partial charge in [-0.05, 0) is 36.8 Å². The zero-order valence-corrected chi connectivity index (χ0v) is 15.8. The average molecular weight is 345 g/mol. The molecule has 0 spiro atoms. The SMILES string of the molecule is CC(=O)N[C@@H]1CCCN(C(=O)CN[C@@H](c2ccccc2C)C(C)C)C1. The molecule has 1 aromatic carbocycles. The van der Waals surface area contributed by atoms with E-state index in [0.717, 1.165) is 19.4 Å². The van der Waals surface area contributed by atoms with Gasteiger partial charge in [0.1, 0.15) is 0 Å². The second-order valence-electron chi connectivity index (χ2n) is 7.34. The zero-order chi connectivity index (χ0) is 18.4. The molecule has 25 heavy (non-hydrogen) atoms. The summed E-state index contributed by atoms with van der Waals surface area (Å²) in [5.41, 5.74) is 2.49. The maximum Gasteiger partial charge on any atom is 0.236 e. The number of carbonyl (C=O) groups is 2. The largest absolute Gasteiger partial charge is 0.352 e. The van der Waals surface area contributed by atoms with Crippen LogP contribution in [0.25, 0.3) is 0 Å². The Hall–Kier alpha value is -1.88. The summed E-state index contributed by atoms with van der Waals surface area (Å²) in [5.74, 6) is 0.466.